The Morgan fingerprint density at radius 2 is 2.15 bits per heavy atom. The quantitative estimate of drug-likeness (QED) is 0.763. The lowest BCUT2D eigenvalue weighted by atomic mass is 10.1. The maximum absolute atomic E-state index is 12.1. The molecule has 0 aliphatic carbocycles. The standard InChI is InChI=1S/C15H14N4O/c1-10-7-18-13(8-17-10)9-19-15(20)12-2-3-14-11(6-12)4-5-16-14/h2-8,16H,9H2,1H3,(H,19,20). The maximum Gasteiger partial charge on any atom is 0.251 e. The first-order valence-electron chi connectivity index (χ1n) is 6.35. The number of aromatic nitrogens is 3. The lowest BCUT2D eigenvalue weighted by Gasteiger charge is -2.05. The third-order valence-electron chi connectivity index (χ3n) is 3.08. The molecule has 5 nitrogen and oxygen atoms in total. The van der Waals surface area contributed by atoms with E-state index < -0.39 is 0 Å². The Hall–Kier alpha value is -2.69. The Kier molecular flexibility index (Phi) is 3.16. The Balaban J connectivity index is 1.70. The number of rotatable bonds is 3. The molecule has 0 saturated heterocycles. The van der Waals surface area contributed by atoms with Crippen molar-refractivity contribution in [3.05, 3.63) is 59.8 Å². The highest BCUT2D eigenvalue weighted by atomic mass is 16.1. The highest BCUT2D eigenvalue weighted by Crippen LogP contribution is 2.14. The first kappa shape index (κ1) is 12.3. The molecule has 0 bridgehead atoms. The fourth-order valence-electron chi connectivity index (χ4n) is 1.98. The minimum absolute atomic E-state index is 0.115. The third-order valence-corrected chi connectivity index (χ3v) is 3.08. The van der Waals surface area contributed by atoms with E-state index in [0.717, 1.165) is 22.3 Å². The molecule has 0 atom stereocenters. The molecular formula is C15H14N4O. The lowest BCUT2D eigenvalue weighted by molar-refractivity contribution is 0.0950. The molecule has 2 heterocycles. The van der Waals surface area contributed by atoms with Crippen molar-refractivity contribution in [2.75, 3.05) is 0 Å². The zero-order chi connectivity index (χ0) is 13.9. The van der Waals surface area contributed by atoms with Gasteiger partial charge in [0.1, 0.15) is 0 Å². The second-order valence-electron chi connectivity index (χ2n) is 4.61. The summed E-state index contributed by atoms with van der Waals surface area (Å²) in [5.41, 5.74) is 3.26. The van der Waals surface area contributed by atoms with Crippen LogP contribution in [-0.4, -0.2) is 20.9 Å². The Morgan fingerprint density at radius 1 is 1.25 bits per heavy atom. The number of carbonyl (C=O) groups excluding carboxylic acids is 1. The van der Waals surface area contributed by atoms with E-state index in [2.05, 4.69) is 20.3 Å². The largest absolute Gasteiger partial charge is 0.361 e. The molecule has 0 aliphatic heterocycles. The molecule has 0 spiro atoms. The van der Waals surface area contributed by atoms with Gasteiger partial charge in [-0.15, -0.1) is 0 Å². The van der Waals surface area contributed by atoms with Crippen molar-refractivity contribution in [1.29, 1.82) is 0 Å². The number of H-pyrrole nitrogens is 1. The van der Waals surface area contributed by atoms with Crippen LogP contribution in [0, 0.1) is 6.92 Å². The molecule has 1 aromatic carbocycles. The van der Waals surface area contributed by atoms with Crippen LogP contribution in [0.15, 0.2) is 42.9 Å². The molecule has 20 heavy (non-hydrogen) atoms. The summed E-state index contributed by atoms with van der Waals surface area (Å²) >= 11 is 0. The number of aryl methyl sites for hydroxylation is 1. The summed E-state index contributed by atoms with van der Waals surface area (Å²) in [6.07, 6.45) is 5.21. The number of hydrogen-bond donors (Lipinski definition) is 2. The van der Waals surface area contributed by atoms with Gasteiger partial charge in [0.15, 0.2) is 0 Å². The maximum atomic E-state index is 12.1. The molecule has 0 fully saturated rings. The molecule has 3 rings (SSSR count). The molecule has 3 aromatic rings. The van der Waals surface area contributed by atoms with Crippen molar-refractivity contribution in [1.82, 2.24) is 20.3 Å². The van der Waals surface area contributed by atoms with E-state index in [1.54, 1.807) is 18.5 Å². The van der Waals surface area contributed by atoms with Gasteiger partial charge in [0.2, 0.25) is 0 Å². The van der Waals surface area contributed by atoms with Crippen LogP contribution in [0.2, 0.25) is 0 Å². The summed E-state index contributed by atoms with van der Waals surface area (Å²) in [5, 5.41) is 3.86. The fourth-order valence-corrected chi connectivity index (χ4v) is 1.98. The van der Waals surface area contributed by atoms with Crippen molar-refractivity contribution in [2.24, 2.45) is 0 Å². The smallest absolute Gasteiger partial charge is 0.251 e. The summed E-state index contributed by atoms with van der Waals surface area (Å²) < 4.78 is 0. The number of aromatic amines is 1. The van der Waals surface area contributed by atoms with Gasteiger partial charge in [-0.2, -0.15) is 0 Å². The van der Waals surface area contributed by atoms with Crippen molar-refractivity contribution in [2.45, 2.75) is 13.5 Å². The van der Waals surface area contributed by atoms with Gasteiger partial charge in [-0.1, -0.05) is 0 Å². The van der Waals surface area contributed by atoms with Gasteiger partial charge in [-0.05, 0) is 31.2 Å². The molecule has 5 heteroatoms. The molecule has 100 valence electrons. The van der Waals surface area contributed by atoms with Crippen molar-refractivity contribution < 1.29 is 4.79 Å². The molecule has 0 aliphatic rings. The number of nitrogens with one attached hydrogen (secondary N) is 2. The molecule has 0 radical (unpaired) electrons. The Bertz CT molecular complexity index is 746. The van der Waals surface area contributed by atoms with E-state index >= 15 is 0 Å². The summed E-state index contributed by atoms with van der Waals surface area (Å²) in [6.45, 7) is 2.25. The van der Waals surface area contributed by atoms with Gasteiger partial charge in [0.25, 0.3) is 5.91 Å². The highest BCUT2D eigenvalue weighted by molar-refractivity contribution is 5.97. The summed E-state index contributed by atoms with van der Waals surface area (Å²) in [6, 6.07) is 7.50. The topological polar surface area (TPSA) is 70.7 Å². The highest BCUT2D eigenvalue weighted by Gasteiger charge is 2.07. The molecule has 0 saturated carbocycles. The van der Waals surface area contributed by atoms with Gasteiger partial charge in [0, 0.05) is 28.9 Å². The van der Waals surface area contributed by atoms with E-state index in [1.807, 2.05) is 31.3 Å². The van der Waals surface area contributed by atoms with E-state index in [1.165, 1.54) is 0 Å². The predicted octanol–water partition coefficient (Wildman–Crippen LogP) is 2.20. The Morgan fingerprint density at radius 3 is 2.95 bits per heavy atom. The van der Waals surface area contributed by atoms with E-state index in [9.17, 15) is 4.79 Å². The van der Waals surface area contributed by atoms with Crippen LogP contribution in [0.3, 0.4) is 0 Å². The average Bonchev–Trinajstić information content (AvgIpc) is 2.93. The number of hydrogen-bond acceptors (Lipinski definition) is 3. The third kappa shape index (κ3) is 2.51. The Labute approximate surface area is 116 Å². The van der Waals surface area contributed by atoms with Gasteiger partial charge in [-0.3, -0.25) is 14.8 Å². The van der Waals surface area contributed by atoms with Crippen molar-refractivity contribution in [3.63, 3.8) is 0 Å². The molecular weight excluding hydrogens is 252 g/mol. The fraction of sp³-hybridized carbons (Fsp3) is 0.133. The number of benzene rings is 1. The van der Waals surface area contributed by atoms with Crippen LogP contribution in [-0.2, 0) is 6.54 Å². The number of amides is 1. The zero-order valence-electron chi connectivity index (χ0n) is 11.1. The van der Waals surface area contributed by atoms with Crippen LogP contribution in [0.5, 0.6) is 0 Å². The minimum Gasteiger partial charge on any atom is -0.361 e. The summed E-state index contributed by atoms with van der Waals surface area (Å²) in [5.74, 6) is -0.115. The average molecular weight is 266 g/mol. The van der Waals surface area contributed by atoms with Gasteiger partial charge in [0.05, 0.1) is 24.1 Å². The summed E-state index contributed by atoms with van der Waals surface area (Å²) in [4.78, 5) is 23.5. The van der Waals surface area contributed by atoms with E-state index in [4.69, 9.17) is 0 Å². The van der Waals surface area contributed by atoms with E-state index in [0.29, 0.717) is 12.1 Å². The van der Waals surface area contributed by atoms with Crippen LogP contribution < -0.4 is 5.32 Å². The molecule has 0 unspecified atom stereocenters. The van der Waals surface area contributed by atoms with Crippen molar-refractivity contribution in [3.8, 4) is 0 Å². The van der Waals surface area contributed by atoms with Gasteiger partial charge >= 0.3 is 0 Å². The molecule has 1 amide bonds. The number of nitrogens with zero attached hydrogens (tertiary/aromatic N) is 2. The number of carbonyl (C=O) groups is 1. The lowest BCUT2D eigenvalue weighted by Crippen LogP contribution is -2.23. The first-order chi connectivity index (χ1) is 9.72. The van der Waals surface area contributed by atoms with E-state index in [-0.39, 0.29) is 5.91 Å². The van der Waals surface area contributed by atoms with Crippen LogP contribution in [0.1, 0.15) is 21.7 Å². The molecule has 2 N–H and O–H groups in total. The monoisotopic (exact) mass is 266 g/mol. The zero-order valence-corrected chi connectivity index (χ0v) is 11.1. The van der Waals surface area contributed by atoms with Gasteiger partial charge in [-0.25, -0.2) is 0 Å². The SMILES string of the molecule is Cc1cnc(CNC(=O)c2ccc3[nH]ccc3c2)cn1. The first-order valence-corrected chi connectivity index (χ1v) is 6.35. The summed E-state index contributed by atoms with van der Waals surface area (Å²) in [7, 11) is 0. The normalized spacial score (nSPS) is 10.7. The second-order valence-corrected chi connectivity index (χ2v) is 4.61. The van der Waals surface area contributed by atoms with Gasteiger partial charge < -0.3 is 10.3 Å². The van der Waals surface area contributed by atoms with Crippen LogP contribution in [0.4, 0.5) is 0 Å². The second kappa shape index (κ2) is 5.13. The predicted molar refractivity (Wildman–Crippen MR) is 76.2 cm³/mol. The van der Waals surface area contributed by atoms with Crippen molar-refractivity contribution >= 4 is 16.8 Å². The van der Waals surface area contributed by atoms with Crippen LogP contribution in [0.25, 0.3) is 10.9 Å². The molecule has 2 aromatic heterocycles. The number of fused-ring (bicyclic) bond motifs is 1. The van der Waals surface area contributed by atoms with Crippen LogP contribution >= 0.6 is 0 Å². The minimum atomic E-state index is -0.115.